The number of hydrogen-bond donors (Lipinski definition) is 1. The summed E-state index contributed by atoms with van der Waals surface area (Å²) >= 11 is 0. The van der Waals surface area contributed by atoms with Crippen LogP contribution in [0.2, 0.25) is 0 Å². The summed E-state index contributed by atoms with van der Waals surface area (Å²) in [5.41, 5.74) is 0.122. The van der Waals surface area contributed by atoms with Crippen LogP contribution in [0.4, 0.5) is 0 Å². The Hall–Kier alpha value is -1.89. The van der Waals surface area contributed by atoms with E-state index in [1.807, 2.05) is 6.92 Å². The van der Waals surface area contributed by atoms with Gasteiger partial charge in [-0.15, -0.1) is 0 Å². The summed E-state index contributed by atoms with van der Waals surface area (Å²) in [7, 11) is -3.92. The molecule has 1 aromatic carbocycles. The van der Waals surface area contributed by atoms with Crippen molar-refractivity contribution in [1.82, 2.24) is 9.62 Å². The summed E-state index contributed by atoms with van der Waals surface area (Å²) in [6.45, 7) is 3.50. The zero-order valence-corrected chi connectivity index (χ0v) is 14.2. The van der Waals surface area contributed by atoms with E-state index in [1.165, 1.54) is 12.1 Å². The number of benzene rings is 1. The van der Waals surface area contributed by atoms with E-state index in [0.717, 1.165) is 25.7 Å². The van der Waals surface area contributed by atoms with Gasteiger partial charge in [0.05, 0.1) is 5.56 Å². The maximum atomic E-state index is 12.4. The highest BCUT2D eigenvalue weighted by Gasteiger charge is 2.41. The molecule has 7 heteroatoms. The van der Waals surface area contributed by atoms with Crippen LogP contribution in [0.15, 0.2) is 29.2 Å². The predicted molar refractivity (Wildman–Crippen MR) is 86.4 cm³/mol. The summed E-state index contributed by atoms with van der Waals surface area (Å²) in [5.74, 6) is -1.10. The first-order valence-corrected chi connectivity index (χ1v) is 9.27. The SMILES string of the molecule is CCCCC[C@H](C)NC(=O)CN1C(=O)c2ccccc2S1(=O)=O. The van der Waals surface area contributed by atoms with Crippen LogP contribution in [-0.2, 0) is 14.8 Å². The Morgan fingerprint density at radius 2 is 1.96 bits per heavy atom. The lowest BCUT2D eigenvalue weighted by molar-refractivity contribution is -0.121. The second-order valence-corrected chi connectivity index (χ2v) is 7.61. The topological polar surface area (TPSA) is 83.6 Å². The number of rotatable bonds is 7. The van der Waals surface area contributed by atoms with Gasteiger partial charge in [0, 0.05) is 6.04 Å². The molecule has 0 aliphatic carbocycles. The van der Waals surface area contributed by atoms with Crippen molar-refractivity contribution in [2.75, 3.05) is 6.54 Å². The van der Waals surface area contributed by atoms with E-state index in [4.69, 9.17) is 0 Å². The summed E-state index contributed by atoms with van der Waals surface area (Å²) in [6.07, 6.45) is 4.03. The minimum absolute atomic E-state index is 0.0335. The normalized spacial score (nSPS) is 17.0. The second kappa shape index (κ2) is 7.12. The molecule has 23 heavy (non-hydrogen) atoms. The van der Waals surface area contributed by atoms with Crippen molar-refractivity contribution < 1.29 is 18.0 Å². The standard InChI is InChI=1S/C16H22N2O4S/c1-3-4-5-8-12(2)17-15(19)11-18-16(20)13-9-6-7-10-14(13)23(18,21)22/h6-7,9-10,12H,3-5,8,11H2,1-2H3,(H,17,19)/t12-/m0/s1. The Kier molecular flexibility index (Phi) is 5.41. The number of nitrogens with zero attached hydrogens (tertiary/aromatic N) is 1. The van der Waals surface area contributed by atoms with E-state index in [0.29, 0.717) is 4.31 Å². The molecule has 1 aliphatic heterocycles. The first kappa shape index (κ1) is 17.5. The van der Waals surface area contributed by atoms with Crippen molar-refractivity contribution >= 4 is 21.8 Å². The molecule has 0 radical (unpaired) electrons. The molecule has 1 N–H and O–H groups in total. The predicted octanol–water partition coefficient (Wildman–Crippen LogP) is 1.92. The molecule has 1 aromatic rings. The van der Waals surface area contributed by atoms with Crippen molar-refractivity contribution in [3.8, 4) is 0 Å². The molecule has 0 spiro atoms. The number of amides is 2. The Labute approximate surface area is 136 Å². The maximum Gasteiger partial charge on any atom is 0.269 e. The number of carbonyl (C=O) groups excluding carboxylic acids is 2. The van der Waals surface area contributed by atoms with Gasteiger partial charge in [0.1, 0.15) is 11.4 Å². The third-order valence-electron chi connectivity index (χ3n) is 3.85. The fourth-order valence-corrected chi connectivity index (χ4v) is 4.14. The highest BCUT2D eigenvalue weighted by Crippen LogP contribution is 2.29. The van der Waals surface area contributed by atoms with Gasteiger partial charge >= 0.3 is 0 Å². The molecule has 0 aromatic heterocycles. The molecular weight excluding hydrogens is 316 g/mol. The van der Waals surface area contributed by atoms with Crippen LogP contribution < -0.4 is 5.32 Å². The monoisotopic (exact) mass is 338 g/mol. The highest BCUT2D eigenvalue weighted by atomic mass is 32.2. The average Bonchev–Trinajstić information content (AvgIpc) is 2.69. The Morgan fingerprint density at radius 1 is 1.26 bits per heavy atom. The van der Waals surface area contributed by atoms with Crippen molar-refractivity contribution in [2.45, 2.75) is 50.5 Å². The van der Waals surface area contributed by atoms with Gasteiger partial charge in [-0.3, -0.25) is 9.59 Å². The molecule has 1 aliphatic rings. The smallest absolute Gasteiger partial charge is 0.269 e. The summed E-state index contributed by atoms with van der Waals surface area (Å²) in [5, 5.41) is 2.75. The molecule has 0 bridgehead atoms. The first-order chi connectivity index (χ1) is 10.9. The van der Waals surface area contributed by atoms with Gasteiger partial charge in [-0.05, 0) is 25.5 Å². The summed E-state index contributed by atoms with van der Waals surface area (Å²) in [6, 6.07) is 5.96. The number of nitrogens with one attached hydrogen (secondary N) is 1. The second-order valence-electron chi connectivity index (χ2n) is 5.78. The van der Waals surface area contributed by atoms with Crippen LogP contribution in [0, 0.1) is 0 Å². The molecule has 126 valence electrons. The fraction of sp³-hybridized carbons (Fsp3) is 0.500. The first-order valence-electron chi connectivity index (χ1n) is 7.83. The Morgan fingerprint density at radius 3 is 2.61 bits per heavy atom. The summed E-state index contributed by atoms with van der Waals surface area (Å²) in [4.78, 5) is 24.2. The lowest BCUT2D eigenvalue weighted by Crippen LogP contribution is -2.43. The molecule has 1 atom stereocenters. The van der Waals surface area contributed by atoms with E-state index in [9.17, 15) is 18.0 Å². The number of sulfonamides is 1. The lowest BCUT2D eigenvalue weighted by Gasteiger charge is -2.18. The van der Waals surface area contributed by atoms with Crippen LogP contribution in [0.25, 0.3) is 0 Å². The highest BCUT2D eigenvalue weighted by molar-refractivity contribution is 7.90. The van der Waals surface area contributed by atoms with Gasteiger partial charge in [0.2, 0.25) is 5.91 Å². The maximum absolute atomic E-state index is 12.4. The van der Waals surface area contributed by atoms with E-state index < -0.39 is 28.4 Å². The molecule has 0 fully saturated rings. The minimum atomic E-state index is -3.92. The van der Waals surface area contributed by atoms with E-state index in [2.05, 4.69) is 12.2 Å². The van der Waals surface area contributed by atoms with Crippen LogP contribution >= 0.6 is 0 Å². The van der Waals surface area contributed by atoms with Gasteiger partial charge in [-0.25, -0.2) is 12.7 Å². The molecule has 2 rings (SSSR count). The molecule has 0 saturated carbocycles. The van der Waals surface area contributed by atoms with Crippen LogP contribution in [0.3, 0.4) is 0 Å². The van der Waals surface area contributed by atoms with Gasteiger partial charge in [-0.1, -0.05) is 38.3 Å². The Balaban J connectivity index is 2.01. The van der Waals surface area contributed by atoms with Crippen molar-refractivity contribution in [2.24, 2.45) is 0 Å². The number of hydrogen-bond acceptors (Lipinski definition) is 4. The van der Waals surface area contributed by atoms with Gasteiger partial charge in [0.25, 0.3) is 15.9 Å². The zero-order chi connectivity index (χ0) is 17.0. The van der Waals surface area contributed by atoms with E-state index >= 15 is 0 Å². The molecule has 6 nitrogen and oxygen atoms in total. The molecular formula is C16H22N2O4S. The Bertz CT molecular complexity index is 700. The quantitative estimate of drug-likeness (QED) is 0.770. The van der Waals surface area contributed by atoms with Crippen LogP contribution in [0.1, 0.15) is 49.9 Å². The minimum Gasteiger partial charge on any atom is -0.352 e. The van der Waals surface area contributed by atoms with Crippen molar-refractivity contribution in [3.05, 3.63) is 29.8 Å². The molecule has 2 amide bonds. The van der Waals surface area contributed by atoms with Gasteiger partial charge in [-0.2, -0.15) is 0 Å². The van der Waals surface area contributed by atoms with Gasteiger partial charge < -0.3 is 5.32 Å². The zero-order valence-electron chi connectivity index (χ0n) is 13.4. The fourth-order valence-electron chi connectivity index (χ4n) is 2.61. The molecule has 0 saturated heterocycles. The van der Waals surface area contributed by atoms with Crippen LogP contribution in [-0.4, -0.2) is 37.1 Å². The summed E-state index contributed by atoms with van der Waals surface area (Å²) < 4.78 is 25.3. The molecule has 0 unspecified atom stereocenters. The number of fused-ring (bicyclic) bond motifs is 1. The van der Waals surface area contributed by atoms with E-state index in [1.54, 1.807) is 12.1 Å². The molecule has 1 heterocycles. The van der Waals surface area contributed by atoms with Crippen molar-refractivity contribution in [3.63, 3.8) is 0 Å². The third kappa shape index (κ3) is 3.72. The van der Waals surface area contributed by atoms with Crippen LogP contribution in [0.5, 0.6) is 0 Å². The number of carbonyl (C=O) groups is 2. The lowest BCUT2D eigenvalue weighted by atomic mass is 10.1. The largest absolute Gasteiger partial charge is 0.352 e. The van der Waals surface area contributed by atoms with E-state index in [-0.39, 0.29) is 16.5 Å². The van der Waals surface area contributed by atoms with Gasteiger partial charge in [0.15, 0.2) is 0 Å². The van der Waals surface area contributed by atoms with Crippen molar-refractivity contribution in [1.29, 1.82) is 0 Å². The third-order valence-corrected chi connectivity index (χ3v) is 5.63. The number of unbranched alkanes of at least 4 members (excludes halogenated alkanes) is 2. The average molecular weight is 338 g/mol.